The van der Waals surface area contributed by atoms with Crippen LogP contribution in [0.4, 0.5) is 4.39 Å². The molecule has 17 heavy (non-hydrogen) atoms. The number of nitrogens with one attached hydrogen (secondary N) is 1. The Labute approximate surface area is 110 Å². The fraction of sp³-hybridized carbons (Fsp3) is 0.455. The number of rotatable bonds is 5. The van der Waals surface area contributed by atoms with E-state index in [1.54, 1.807) is 0 Å². The highest BCUT2D eigenvalue weighted by Crippen LogP contribution is 2.18. The Hall–Kier alpha value is -0.460. The van der Waals surface area contributed by atoms with E-state index in [9.17, 15) is 12.8 Å². The van der Waals surface area contributed by atoms with E-state index < -0.39 is 21.4 Å². The summed E-state index contributed by atoms with van der Waals surface area (Å²) in [5.74, 6) is -0.456. The number of benzene rings is 1. The van der Waals surface area contributed by atoms with E-state index in [1.807, 2.05) is 13.8 Å². The van der Waals surface area contributed by atoms with Crippen molar-refractivity contribution in [1.82, 2.24) is 4.72 Å². The molecule has 0 saturated heterocycles. The van der Waals surface area contributed by atoms with Gasteiger partial charge in [-0.25, -0.2) is 17.5 Å². The van der Waals surface area contributed by atoms with Gasteiger partial charge in [0.2, 0.25) is 10.0 Å². The lowest BCUT2D eigenvalue weighted by Crippen LogP contribution is -2.46. The van der Waals surface area contributed by atoms with Crippen molar-refractivity contribution >= 4 is 26.0 Å². The van der Waals surface area contributed by atoms with Gasteiger partial charge in [-0.15, -0.1) is 0 Å². The number of hydrogen-bond donors (Lipinski definition) is 1. The van der Waals surface area contributed by atoms with Crippen molar-refractivity contribution in [2.24, 2.45) is 0 Å². The Kier molecular flexibility index (Phi) is 4.69. The van der Waals surface area contributed by atoms with Crippen molar-refractivity contribution in [3.63, 3.8) is 0 Å². The van der Waals surface area contributed by atoms with Crippen LogP contribution in [-0.4, -0.2) is 19.3 Å². The molecule has 3 nitrogen and oxygen atoms in total. The molecule has 6 heteroatoms. The second-order valence-corrected chi connectivity index (χ2v) is 6.35. The Morgan fingerprint density at radius 1 is 1.35 bits per heavy atom. The molecule has 1 rings (SSSR count). The maximum absolute atomic E-state index is 12.7. The van der Waals surface area contributed by atoms with Gasteiger partial charge < -0.3 is 0 Å². The van der Waals surface area contributed by atoms with Gasteiger partial charge in [-0.3, -0.25) is 0 Å². The first-order valence-corrected chi connectivity index (χ1v) is 7.79. The van der Waals surface area contributed by atoms with Crippen molar-refractivity contribution in [3.05, 3.63) is 30.1 Å². The molecule has 96 valence electrons. The molecule has 0 aliphatic rings. The third-order valence-electron chi connectivity index (χ3n) is 2.58. The number of sulfonamides is 1. The normalized spacial score (nSPS) is 15.5. The Bertz CT molecular complexity index is 469. The van der Waals surface area contributed by atoms with Gasteiger partial charge in [-0.2, -0.15) is 0 Å². The van der Waals surface area contributed by atoms with Crippen LogP contribution in [0.15, 0.2) is 29.2 Å². The summed E-state index contributed by atoms with van der Waals surface area (Å²) in [5, 5.41) is 0.511. The Morgan fingerprint density at radius 2 is 1.88 bits per heavy atom. The summed E-state index contributed by atoms with van der Waals surface area (Å²) >= 11 is 3.28. The number of alkyl halides is 1. The lowest BCUT2D eigenvalue weighted by atomic mass is 10.0. The fourth-order valence-electron chi connectivity index (χ4n) is 1.19. The highest BCUT2D eigenvalue weighted by Gasteiger charge is 2.27. The molecule has 0 bridgehead atoms. The molecule has 1 atom stereocenters. The molecule has 0 radical (unpaired) electrons. The topological polar surface area (TPSA) is 46.2 Å². The highest BCUT2D eigenvalue weighted by atomic mass is 79.9. The molecule has 0 aliphatic heterocycles. The van der Waals surface area contributed by atoms with Crippen LogP contribution >= 0.6 is 15.9 Å². The second kappa shape index (κ2) is 5.46. The first-order chi connectivity index (χ1) is 7.83. The van der Waals surface area contributed by atoms with Gasteiger partial charge in [-0.05, 0) is 37.6 Å². The molecule has 1 N–H and O–H groups in total. The van der Waals surface area contributed by atoms with Gasteiger partial charge >= 0.3 is 0 Å². The summed E-state index contributed by atoms with van der Waals surface area (Å²) in [6, 6.07) is 4.77. The SMILES string of the molecule is CCC(C)(CBr)NS(=O)(=O)c1ccc(F)cc1. The molecule has 0 heterocycles. The largest absolute Gasteiger partial charge is 0.241 e. The zero-order valence-corrected chi connectivity index (χ0v) is 12.1. The minimum atomic E-state index is -3.61. The van der Waals surface area contributed by atoms with Gasteiger partial charge in [0.05, 0.1) is 4.90 Å². The molecule has 0 aliphatic carbocycles. The summed E-state index contributed by atoms with van der Waals surface area (Å²) < 4.78 is 39.4. The zero-order valence-electron chi connectivity index (χ0n) is 9.70. The predicted molar refractivity (Wildman–Crippen MR) is 69.2 cm³/mol. The van der Waals surface area contributed by atoms with Crippen LogP contribution in [0.3, 0.4) is 0 Å². The maximum Gasteiger partial charge on any atom is 0.241 e. The third kappa shape index (κ3) is 3.76. The van der Waals surface area contributed by atoms with Crippen LogP contribution in [0.25, 0.3) is 0 Å². The maximum atomic E-state index is 12.7. The molecule has 1 aromatic carbocycles. The van der Waals surface area contributed by atoms with Crippen molar-refractivity contribution < 1.29 is 12.8 Å². The third-order valence-corrected chi connectivity index (χ3v) is 5.47. The lowest BCUT2D eigenvalue weighted by molar-refractivity contribution is 0.449. The molecule has 1 unspecified atom stereocenters. The van der Waals surface area contributed by atoms with Crippen LogP contribution in [0.1, 0.15) is 20.3 Å². The van der Waals surface area contributed by atoms with Gasteiger partial charge in [0.25, 0.3) is 0 Å². The van der Waals surface area contributed by atoms with Gasteiger partial charge in [0, 0.05) is 10.9 Å². The van der Waals surface area contributed by atoms with E-state index in [-0.39, 0.29) is 4.90 Å². The molecule has 0 aromatic heterocycles. The standard InChI is InChI=1S/C11H15BrFNO2S/c1-3-11(2,8-12)14-17(15,16)10-6-4-9(13)5-7-10/h4-7,14H,3,8H2,1-2H3. The zero-order chi connectivity index (χ0) is 13.1. The minimum absolute atomic E-state index is 0.0690. The molecule has 1 aromatic rings. The van der Waals surface area contributed by atoms with E-state index in [2.05, 4.69) is 20.7 Å². The van der Waals surface area contributed by atoms with Crippen molar-refractivity contribution in [3.8, 4) is 0 Å². The molecular weight excluding hydrogens is 309 g/mol. The first-order valence-electron chi connectivity index (χ1n) is 5.18. The van der Waals surface area contributed by atoms with Crippen LogP contribution in [0.2, 0.25) is 0 Å². The van der Waals surface area contributed by atoms with Crippen LogP contribution in [0.5, 0.6) is 0 Å². The fourth-order valence-corrected chi connectivity index (χ4v) is 3.39. The highest BCUT2D eigenvalue weighted by molar-refractivity contribution is 9.09. The van der Waals surface area contributed by atoms with E-state index in [4.69, 9.17) is 0 Å². The molecule has 0 amide bonds. The summed E-state index contributed by atoms with van der Waals surface area (Å²) in [6.07, 6.45) is 0.651. The molecule has 0 spiro atoms. The second-order valence-electron chi connectivity index (χ2n) is 4.11. The van der Waals surface area contributed by atoms with E-state index in [0.29, 0.717) is 11.8 Å². The van der Waals surface area contributed by atoms with Crippen LogP contribution < -0.4 is 4.72 Å². The van der Waals surface area contributed by atoms with E-state index in [1.165, 1.54) is 12.1 Å². The van der Waals surface area contributed by atoms with Gasteiger partial charge in [0.15, 0.2) is 0 Å². The Morgan fingerprint density at radius 3 is 2.29 bits per heavy atom. The quantitative estimate of drug-likeness (QED) is 0.847. The van der Waals surface area contributed by atoms with E-state index in [0.717, 1.165) is 12.1 Å². The van der Waals surface area contributed by atoms with Crippen LogP contribution in [0, 0.1) is 5.82 Å². The van der Waals surface area contributed by atoms with Gasteiger partial charge in [0.1, 0.15) is 5.82 Å². The molecule has 0 fully saturated rings. The van der Waals surface area contributed by atoms with Crippen molar-refractivity contribution in [2.45, 2.75) is 30.7 Å². The average Bonchev–Trinajstić information content (AvgIpc) is 2.29. The molecular formula is C11H15BrFNO2S. The van der Waals surface area contributed by atoms with Gasteiger partial charge in [-0.1, -0.05) is 22.9 Å². The summed E-state index contributed by atoms with van der Waals surface area (Å²) in [4.78, 5) is 0.0690. The summed E-state index contributed by atoms with van der Waals surface area (Å²) in [7, 11) is -3.61. The van der Waals surface area contributed by atoms with E-state index >= 15 is 0 Å². The van der Waals surface area contributed by atoms with Crippen LogP contribution in [-0.2, 0) is 10.0 Å². The number of hydrogen-bond acceptors (Lipinski definition) is 2. The molecule has 0 saturated carbocycles. The Balaban J connectivity index is 3.00. The smallest absolute Gasteiger partial charge is 0.207 e. The first kappa shape index (κ1) is 14.6. The minimum Gasteiger partial charge on any atom is -0.207 e. The van der Waals surface area contributed by atoms with Crippen molar-refractivity contribution in [2.75, 3.05) is 5.33 Å². The number of halogens is 2. The predicted octanol–water partition coefficient (Wildman–Crippen LogP) is 2.67. The summed E-state index contributed by atoms with van der Waals surface area (Å²) in [6.45, 7) is 3.71. The average molecular weight is 324 g/mol. The summed E-state index contributed by atoms with van der Waals surface area (Å²) in [5.41, 5.74) is -0.548. The monoisotopic (exact) mass is 323 g/mol. The lowest BCUT2D eigenvalue weighted by Gasteiger charge is -2.26. The van der Waals surface area contributed by atoms with Crippen molar-refractivity contribution in [1.29, 1.82) is 0 Å².